The average molecular weight is 412 g/mol. The van der Waals surface area contributed by atoms with E-state index >= 15 is 0 Å². The zero-order valence-corrected chi connectivity index (χ0v) is 17.4. The van der Waals surface area contributed by atoms with Crippen molar-refractivity contribution in [3.63, 3.8) is 0 Å². The zero-order chi connectivity index (χ0) is 21.3. The number of hydrogen-bond acceptors (Lipinski definition) is 9. The van der Waals surface area contributed by atoms with Gasteiger partial charge in [-0.2, -0.15) is 15.1 Å². The van der Waals surface area contributed by atoms with E-state index in [1.165, 1.54) is 19.1 Å². The van der Waals surface area contributed by atoms with Crippen LogP contribution in [0.5, 0.6) is 12.0 Å². The highest BCUT2D eigenvalue weighted by molar-refractivity contribution is 5.99. The Morgan fingerprint density at radius 2 is 1.77 bits per heavy atom. The van der Waals surface area contributed by atoms with E-state index < -0.39 is 0 Å². The first kappa shape index (κ1) is 19.8. The van der Waals surface area contributed by atoms with E-state index in [2.05, 4.69) is 29.9 Å². The lowest BCUT2D eigenvalue weighted by Crippen LogP contribution is -2.35. The number of rotatable bonds is 5. The smallest absolute Gasteiger partial charge is 0.324 e. The lowest BCUT2D eigenvalue weighted by Gasteiger charge is -2.32. The summed E-state index contributed by atoms with van der Waals surface area (Å²) in [6.45, 7) is 1.52. The summed E-state index contributed by atoms with van der Waals surface area (Å²) in [5, 5.41) is 4.45. The van der Waals surface area contributed by atoms with Gasteiger partial charge in [-0.05, 0) is 18.9 Å². The van der Waals surface area contributed by atoms with E-state index in [-0.39, 0.29) is 23.8 Å². The minimum absolute atomic E-state index is 0.109. The predicted octanol–water partition coefficient (Wildman–Crippen LogP) is 1.02. The Bertz CT molecular complexity index is 1040. The summed E-state index contributed by atoms with van der Waals surface area (Å²) in [5.74, 6) is 0.705. The van der Waals surface area contributed by atoms with Crippen LogP contribution in [0.15, 0.2) is 18.5 Å². The largest absolute Gasteiger partial charge is 0.467 e. The molecule has 1 aliphatic rings. The summed E-state index contributed by atoms with van der Waals surface area (Å²) in [5.41, 5.74) is 2.13. The number of ether oxygens (including phenoxy) is 2. The lowest BCUT2D eigenvalue weighted by molar-refractivity contribution is 0.0829. The average Bonchev–Trinajstić information content (AvgIpc) is 3.22. The number of aromatic nitrogens is 6. The third-order valence-electron chi connectivity index (χ3n) is 5.21. The van der Waals surface area contributed by atoms with Gasteiger partial charge in [0.2, 0.25) is 5.95 Å². The molecule has 0 unspecified atom stereocenters. The summed E-state index contributed by atoms with van der Waals surface area (Å²) in [6.07, 6.45) is 5.10. The molecule has 4 rings (SSSR count). The predicted molar refractivity (Wildman–Crippen MR) is 108 cm³/mol. The third kappa shape index (κ3) is 3.58. The summed E-state index contributed by atoms with van der Waals surface area (Å²) in [7, 11) is 6.46. The van der Waals surface area contributed by atoms with Crippen molar-refractivity contribution in [2.75, 3.05) is 46.3 Å². The molecule has 0 radical (unpaired) electrons. The first-order valence-electron chi connectivity index (χ1n) is 9.65. The molecule has 0 saturated carbocycles. The van der Waals surface area contributed by atoms with E-state index in [0.29, 0.717) is 17.2 Å². The first-order chi connectivity index (χ1) is 14.5. The highest BCUT2D eigenvalue weighted by atomic mass is 16.5. The molecule has 3 aromatic heterocycles. The van der Waals surface area contributed by atoms with Crippen molar-refractivity contribution in [3.8, 4) is 12.0 Å². The molecule has 11 heteroatoms. The van der Waals surface area contributed by atoms with Crippen molar-refractivity contribution in [2.45, 2.75) is 18.8 Å². The molecule has 3 aromatic rings. The Kier molecular flexibility index (Phi) is 5.34. The van der Waals surface area contributed by atoms with Gasteiger partial charge in [0.05, 0.1) is 20.4 Å². The number of piperidine rings is 1. The molecule has 0 bridgehead atoms. The van der Waals surface area contributed by atoms with Crippen LogP contribution >= 0.6 is 0 Å². The van der Waals surface area contributed by atoms with Crippen molar-refractivity contribution in [1.29, 1.82) is 0 Å². The fourth-order valence-electron chi connectivity index (χ4n) is 3.64. The summed E-state index contributed by atoms with van der Waals surface area (Å²) < 4.78 is 12.1. The van der Waals surface area contributed by atoms with E-state index in [0.717, 1.165) is 31.6 Å². The van der Waals surface area contributed by atoms with Crippen LogP contribution in [0, 0.1) is 0 Å². The van der Waals surface area contributed by atoms with Crippen molar-refractivity contribution >= 4 is 17.5 Å². The topological polar surface area (TPSA) is 111 Å². The highest BCUT2D eigenvalue weighted by Gasteiger charge is 2.26. The number of carbonyl (C=O) groups is 1. The molecule has 1 fully saturated rings. The van der Waals surface area contributed by atoms with Crippen LogP contribution in [0.4, 0.5) is 5.95 Å². The van der Waals surface area contributed by atoms with E-state index in [1.807, 2.05) is 6.07 Å². The quantitative estimate of drug-likeness (QED) is 0.606. The molecule has 11 nitrogen and oxygen atoms in total. The number of methoxy groups -OCH3 is 2. The Balaban J connectivity index is 1.55. The molecule has 1 aliphatic heterocycles. The van der Waals surface area contributed by atoms with Gasteiger partial charge in [0, 0.05) is 45.0 Å². The van der Waals surface area contributed by atoms with Crippen LogP contribution in [0.3, 0.4) is 0 Å². The van der Waals surface area contributed by atoms with Gasteiger partial charge in [-0.25, -0.2) is 9.50 Å². The molecule has 30 heavy (non-hydrogen) atoms. The number of carbonyl (C=O) groups excluding carboxylic acids is 1. The third-order valence-corrected chi connectivity index (χ3v) is 5.21. The Hall–Kier alpha value is -3.50. The molecule has 158 valence electrons. The Labute approximate surface area is 173 Å². The fourth-order valence-corrected chi connectivity index (χ4v) is 3.64. The molecule has 0 N–H and O–H groups in total. The van der Waals surface area contributed by atoms with Crippen LogP contribution in [0.25, 0.3) is 5.65 Å². The summed E-state index contributed by atoms with van der Waals surface area (Å²) in [4.78, 5) is 33.1. The maximum absolute atomic E-state index is 12.4. The lowest BCUT2D eigenvalue weighted by atomic mass is 9.93. The van der Waals surface area contributed by atoms with Crippen molar-refractivity contribution < 1.29 is 14.3 Å². The van der Waals surface area contributed by atoms with Crippen LogP contribution in [-0.2, 0) is 0 Å². The number of hydrogen-bond donors (Lipinski definition) is 0. The second-order valence-corrected chi connectivity index (χ2v) is 7.23. The molecule has 4 heterocycles. The van der Waals surface area contributed by atoms with Gasteiger partial charge >= 0.3 is 12.0 Å². The molecular formula is C19H24N8O3. The molecular weight excluding hydrogens is 388 g/mol. The van der Waals surface area contributed by atoms with Gasteiger partial charge in [-0.1, -0.05) is 0 Å². The van der Waals surface area contributed by atoms with Crippen molar-refractivity contribution in [1.82, 2.24) is 34.4 Å². The molecule has 0 atom stereocenters. The Morgan fingerprint density at radius 3 is 2.37 bits per heavy atom. The SMILES string of the molecule is COc1nc(OC)nc(N2CCC(c3ccnc4c(C(=O)N(C)C)cnn34)CC2)n1. The van der Waals surface area contributed by atoms with Gasteiger partial charge in [0.1, 0.15) is 5.56 Å². The van der Waals surface area contributed by atoms with Crippen LogP contribution in [-0.4, -0.2) is 81.8 Å². The van der Waals surface area contributed by atoms with E-state index in [9.17, 15) is 4.79 Å². The molecule has 1 amide bonds. The zero-order valence-electron chi connectivity index (χ0n) is 17.4. The number of nitrogens with zero attached hydrogens (tertiary/aromatic N) is 8. The Morgan fingerprint density at radius 1 is 1.10 bits per heavy atom. The van der Waals surface area contributed by atoms with Crippen LogP contribution in [0.2, 0.25) is 0 Å². The summed E-state index contributed by atoms with van der Waals surface area (Å²) in [6, 6.07) is 2.42. The summed E-state index contributed by atoms with van der Waals surface area (Å²) >= 11 is 0. The van der Waals surface area contributed by atoms with Gasteiger partial charge in [-0.15, -0.1) is 4.98 Å². The van der Waals surface area contributed by atoms with Gasteiger partial charge in [0.25, 0.3) is 5.91 Å². The highest BCUT2D eigenvalue weighted by Crippen LogP contribution is 2.30. The maximum atomic E-state index is 12.4. The monoisotopic (exact) mass is 412 g/mol. The van der Waals surface area contributed by atoms with E-state index in [1.54, 1.807) is 31.0 Å². The molecule has 0 aromatic carbocycles. The second-order valence-electron chi connectivity index (χ2n) is 7.23. The standard InChI is InChI=1S/C19H24N8O3/c1-25(2)16(28)13-11-21-27-14(5-8-20-15(13)27)12-6-9-26(10-7-12)17-22-18(29-3)24-19(23-17)30-4/h5,8,11-12H,6-7,9-10H2,1-4H3. The normalized spacial score (nSPS) is 14.7. The number of fused-ring (bicyclic) bond motifs is 1. The van der Waals surface area contributed by atoms with Crippen molar-refractivity contribution in [2.24, 2.45) is 0 Å². The number of amides is 1. The molecule has 0 spiro atoms. The number of anilines is 1. The van der Waals surface area contributed by atoms with Gasteiger partial charge in [0.15, 0.2) is 5.65 Å². The van der Waals surface area contributed by atoms with Crippen LogP contribution in [0.1, 0.15) is 34.8 Å². The first-order valence-corrected chi connectivity index (χ1v) is 9.65. The van der Waals surface area contributed by atoms with Gasteiger partial charge in [-0.3, -0.25) is 4.79 Å². The maximum Gasteiger partial charge on any atom is 0.324 e. The minimum Gasteiger partial charge on any atom is -0.467 e. The van der Waals surface area contributed by atoms with Crippen LogP contribution < -0.4 is 14.4 Å². The van der Waals surface area contributed by atoms with E-state index in [4.69, 9.17) is 9.47 Å². The minimum atomic E-state index is -0.109. The molecule has 1 saturated heterocycles. The fraction of sp³-hybridized carbons (Fsp3) is 0.474. The molecule has 0 aliphatic carbocycles. The second kappa shape index (κ2) is 8.09. The van der Waals surface area contributed by atoms with Crippen molar-refractivity contribution in [3.05, 3.63) is 29.7 Å². The van der Waals surface area contributed by atoms with Gasteiger partial charge < -0.3 is 19.3 Å².